The fraction of sp³-hybridized carbons (Fsp3) is 0.333. The lowest BCUT2D eigenvalue weighted by Gasteiger charge is -2.20. The van der Waals surface area contributed by atoms with Gasteiger partial charge in [0.05, 0.1) is 0 Å². The standard InChI is InChI=1S/C18H25NO2Si/c1-3-13-20-22(21-14-4-2)18-12-8-6-10-16(18)15-9-5-7-11-17(15)19/h5-12,22H,3-4,13-14,19H2,1-2H3. The summed E-state index contributed by atoms with van der Waals surface area (Å²) in [6.07, 6.45) is 1.99. The Hall–Kier alpha value is -1.62. The van der Waals surface area contributed by atoms with Gasteiger partial charge in [0.15, 0.2) is 0 Å². The van der Waals surface area contributed by atoms with Crippen LogP contribution in [0.1, 0.15) is 26.7 Å². The van der Waals surface area contributed by atoms with Gasteiger partial charge in [0, 0.05) is 24.5 Å². The smallest absolute Gasteiger partial charge is 0.356 e. The summed E-state index contributed by atoms with van der Waals surface area (Å²) in [4.78, 5) is 0. The van der Waals surface area contributed by atoms with Gasteiger partial charge in [-0.15, -0.1) is 0 Å². The first-order valence-corrected chi connectivity index (χ1v) is 9.47. The van der Waals surface area contributed by atoms with Crippen LogP contribution >= 0.6 is 0 Å². The first-order valence-electron chi connectivity index (χ1n) is 7.95. The quantitative estimate of drug-likeness (QED) is 0.601. The molecule has 0 saturated heterocycles. The molecule has 2 aromatic carbocycles. The number of hydrogen-bond donors (Lipinski definition) is 1. The third-order valence-corrected chi connectivity index (χ3v) is 5.50. The first kappa shape index (κ1) is 16.7. The molecule has 22 heavy (non-hydrogen) atoms. The molecule has 4 heteroatoms. The SMILES string of the molecule is CCCO[SiH](OCCC)c1ccccc1-c1ccccc1N. The van der Waals surface area contributed by atoms with Crippen molar-refractivity contribution in [1.29, 1.82) is 0 Å². The summed E-state index contributed by atoms with van der Waals surface area (Å²) in [7, 11) is -1.91. The number of anilines is 1. The van der Waals surface area contributed by atoms with E-state index in [0.29, 0.717) is 0 Å². The molecule has 3 nitrogen and oxygen atoms in total. The van der Waals surface area contributed by atoms with Crippen molar-refractivity contribution in [1.82, 2.24) is 0 Å². The highest BCUT2D eigenvalue weighted by Gasteiger charge is 2.21. The minimum absolute atomic E-state index is 0.735. The first-order chi connectivity index (χ1) is 10.8. The molecule has 0 aromatic heterocycles. The Bertz CT molecular complexity index is 581. The molecule has 0 bridgehead atoms. The second-order valence-electron chi connectivity index (χ2n) is 5.25. The van der Waals surface area contributed by atoms with Gasteiger partial charge in [-0.2, -0.15) is 0 Å². The highest BCUT2D eigenvalue weighted by atomic mass is 28.3. The maximum Gasteiger partial charge on any atom is 0.356 e. The van der Waals surface area contributed by atoms with Crippen molar-refractivity contribution in [2.75, 3.05) is 18.9 Å². The maximum absolute atomic E-state index is 6.16. The molecule has 0 aliphatic carbocycles. The monoisotopic (exact) mass is 315 g/mol. The zero-order chi connectivity index (χ0) is 15.8. The third kappa shape index (κ3) is 4.19. The molecule has 0 fully saturated rings. The maximum atomic E-state index is 6.16. The summed E-state index contributed by atoms with van der Waals surface area (Å²) >= 11 is 0. The molecule has 0 unspecified atom stereocenters. The largest absolute Gasteiger partial charge is 0.398 e. The molecule has 118 valence electrons. The van der Waals surface area contributed by atoms with Crippen LogP contribution < -0.4 is 10.9 Å². The zero-order valence-corrected chi connectivity index (χ0v) is 14.6. The van der Waals surface area contributed by atoms with Gasteiger partial charge in [-0.05, 0) is 29.7 Å². The van der Waals surface area contributed by atoms with Crippen molar-refractivity contribution in [2.45, 2.75) is 26.7 Å². The molecule has 0 aliphatic heterocycles. The van der Waals surface area contributed by atoms with Crippen LogP contribution in [0.25, 0.3) is 11.1 Å². The molecule has 0 saturated carbocycles. The van der Waals surface area contributed by atoms with E-state index in [1.54, 1.807) is 0 Å². The summed E-state index contributed by atoms with van der Waals surface area (Å²) in [5.74, 6) is 0. The van der Waals surface area contributed by atoms with Crippen LogP contribution in [0.3, 0.4) is 0 Å². The van der Waals surface area contributed by atoms with E-state index in [9.17, 15) is 0 Å². The molecule has 0 spiro atoms. The Morgan fingerprint density at radius 2 is 1.36 bits per heavy atom. The fourth-order valence-electron chi connectivity index (χ4n) is 2.37. The number of hydrogen-bond acceptors (Lipinski definition) is 3. The highest BCUT2D eigenvalue weighted by molar-refractivity contribution is 6.63. The normalized spacial score (nSPS) is 11.0. The molecule has 0 aliphatic rings. The topological polar surface area (TPSA) is 44.5 Å². The third-order valence-electron chi connectivity index (χ3n) is 3.41. The Kier molecular flexibility index (Phi) is 6.64. The number of nitrogens with two attached hydrogens (primary N) is 1. The van der Waals surface area contributed by atoms with Crippen LogP contribution in [-0.4, -0.2) is 22.5 Å². The van der Waals surface area contributed by atoms with Crippen LogP contribution in [0.15, 0.2) is 48.5 Å². The van der Waals surface area contributed by atoms with Crippen LogP contribution in [0.4, 0.5) is 5.69 Å². The summed E-state index contributed by atoms with van der Waals surface area (Å²) < 4.78 is 12.1. The molecule has 0 atom stereocenters. The molecule has 0 radical (unpaired) electrons. The van der Waals surface area contributed by atoms with Gasteiger partial charge >= 0.3 is 9.28 Å². The van der Waals surface area contributed by atoms with E-state index in [0.717, 1.165) is 42.9 Å². The van der Waals surface area contributed by atoms with Crippen LogP contribution in [0.5, 0.6) is 0 Å². The van der Waals surface area contributed by atoms with E-state index in [2.05, 4.69) is 32.0 Å². The molecule has 0 amide bonds. The van der Waals surface area contributed by atoms with E-state index >= 15 is 0 Å². The van der Waals surface area contributed by atoms with E-state index < -0.39 is 9.28 Å². The zero-order valence-electron chi connectivity index (χ0n) is 13.4. The van der Waals surface area contributed by atoms with Gasteiger partial charge in [-0.3, -0.25) is 0 Å². The summed E-state index contributed by atoms with van der Waals surface area (Å²) in [6, 6.07) is 16.3. The van der Waals surface area contributed by atoms with Crippen molar-refractivity contribution in [3.05, 3.63) is 48.5 Å². The average Bonchev–Trinajstić information content (AvgIpc) is 2.56. The minimum Gasteiger partial charge on any atom is -0.398 e. The minimum atomic E-state index is -1.91. The second kappa shape index (κ2) is 8.73. The number of rotatable bonds is 8. The predicted octanol–water partition coefficient (Wildman–Crippen LogP) is 3.22. The van der Waals surface area contributed by atoms with Gasteiger partial charge in [0.1, 0.15) is 0 Å². The lowest BCUT2D eigenvalue weighted by atomic mass is 10.0. The van der Waals surface area contributed by atoms with Crippen molar-refractivity contribution < 1.29 is 8.85 Å². The summed E-state index contributed by atoms with van der Waals surface area (Å²) in [5.41, 5.74) is 9.12. The lowest BCUT2D eigenvalue weighted by molar-refractivity contribution is 0.207. The molecule has 2 aromatic rings. The van der Waals surface area contributed by atoms with Crippen molar-refractivity contribution in [3.63, 3.8) is 0 Å². The number of benzene rings is 2. The Labute approximate surface area is 134 Å². The second-order valence-corrected chi connectivity index (χ2v) is 7.20. The van der Waals surface area contributed by atoms with E-state index in [-0.39, 0.29) is 0 Å². The molecular weight excluding hydrogens is 290 g/mol. The average molecular weight is 315 g/mol. The lowest BCUT2D eigenvalue weighted by Crippen LogP contribution is -2.38. The van der Waals surface area contributed by atoms with Gasteiger partial charge in [-0.25, -0.2) is 0 Å². The van der Waals surface area contributed by atoms with Gasteiger partial charge in [-0.1, -0.05) is 56.3 Å². The highest BCUT2D eigenvalue weighted by Crippen LogP contribution is 2.24. The van der Waals surface area contributed by atoms with Crippen molar-refractivity contribution >= 4 is 20.2 Å². The van der Waals surface area contributed by atoms with Crippen LogP contribution in [0, 0.1) is 0 Å². The summed E-state index contributed by atoms with van der Waals surface area (Å²) in [6.45, 7) is 5.71. The van der Waals surface area contributed by atoms with E-state index in [1.165, 1.54) is 5.19 Å². The molecule has 0 heterocycles. The van der Waals surface area contributed by atoms with Gasteiger partial charge in [0.25, 0.3) is 0 Å². The molecular formula is C18H25NO2Si. The van der Waals surface area contributed by atoms with Crippen LogP contribution in [-0.2, 0) is 8.85 Å². The fourth-order valence-corrected chi connectivity index (χ4v) is 4.50. The predicted molar refractivity (Wildman–Crippen MR) is 95.6 cm³/mol. The Balaban J connectivity index is 2.38. The molecule has 2 N–H and O–H groups in total. The Morgan fingerprint density at radius 3 is 1.95 bits per heavy atom. The Morgan fingerprint density at radius 1 is 0.818 bits per heavy atom. The number of para-hydroxylation sites is 1. The number of nitrogen functional groups attached to an aromatic ring is 1. The van der Waals surface area contributed by atoms with E-state index in [1.807, 2.05) is 30.3 Å². The van der Waals surface area contributed by atoms with Crippen LogP contribution in [0.2, 0.25) is 0 Å². The van der Waals surface area contributed by atoms with Crippen molar-refractivity contribution in [3.8, 4) is 11.1 Å². The van der Waals surface area contributed by atoms with Crippen molar-refractivity contribution in [2.24, 2.45) is 0 Å². The van der Waals surface area contributed by atoms with E-state index in [4.69, 9.17) is 14.6 Å². The summed E-state index contributed by atoms with van der Waals surface area (Å²) in [5, 5.41) is 1.17. The van der Waals surface area contributed by atoms with Gasteiger partial charge in [0.2, 0.25) is 0 Å². The molecule has 2 rings (SSSR count). The van der Waals surface area contributed by atoms with Gasteiger partial charge < -0.3 is 14.6 Å².